The SMILES string of the molecule is COC[C@@H](COCCC(=O)N1CCN(c2cnc(Cl)cn2)CC1)Nc1cn[nH]c(=O)c1Br. The summed E-state index contributed by atoms with van der Waals surface area (Å²) in [5, 5.41) is 9.64. The molecule has 13 heteroatoms. The van der Waals surface area contributed by atoms with Crippen molar-refractivity contribution in [2.24, 2.45) is 0 Å². The molecule has 2 aromatic heterocycles. The molecule has 11 nitrogen and oxygen atoms in total. The number of hydrogen-bond acceptors (Lipinski definition) is 9. The zero-order valence-electron chi connectivity index (χ0n) is 17.6. The first kappa shape index (κ1) is 24.4. The summed E-state index contributed by atoms with van der Waals surface area (Å²) in [5.74, 6) is 0.799. The second-order valence-corrected chi connectivity index (χ2v) is 8.29. The minimum atomic E-state index is -0.333. The van der Waals surface area contributed by atoms with Crippen LogP contribution in [0.3, 0.4) is 0 Å². The molecule has 2 aromatic rings. The largest absolute Gasteiger partial charge is 0.382 e. The Kier molecular flexibility index (Phi) is 9.21. The van der Waals surface area contributed by atoms with Gasteiger partial charge in [0.25, 0.3) is 5.56 Å². The van der Waals surface area contributed by atoms with Gasteiger partial charge in [0.1, 0.15) is 15.4 Å². The van der Waals surface area contributed by atoms with Crippen molar-refractivity contribution in [2.45, 2.75) is 12.5 Å². The van der Waals surface area contributed by atoms with Crippen molar-refractivity contribution in [3.63, 3.8) is 0 Å². The van der Waals surface area contributed by atoms with Gasteiger partial charge in [-0.1, -0.05) is 11.6 Å². The van der Waals surface area contributed by atoms with Crippen molar-refractivity contribution >= 4 is 44.9 Å². The predicted molar refractivity (Wildman–Crippen MR) is 123 cm³/mol. The topological polar surface area (TPSA) is 126 Å². The molecule has 1 fully saturated rings. The van der Waals surface area contributed by atoms with Gasteiger partial charge in [-0.25, -0.2) is 15.1 Å². The zero-order valence-corrected chi connectivity index (χ0v) is 19.9. The average molecular weight is 531 g/mol. The Hall–Kier alpha value is -2.28. The molecular weight excluding hydrogens is 506 g/mol. The van der Waals surface area contributed by atoms with E-state index in [1.807, 2.05) is 4.90 Å². The van der Waals surface area contributed by atoms with Crippen LogP contribution in [0, 0.1) is 0 Å². The highest BCUT2D eigenvalue weighted by Crippen LogP contribution is 2.17. The molecule has 2 N–H and O–H groups in total. The van der Waals surface area contributed by atoms with Gasteiger partial charge in [0.2, 0.25) is 5.91 Å². The van der Waals surface area contributed by atoms with Crippen LogP contribution in [0.1, 0.15) is 6.42 Å². The van der Waals surface area contributed by atoms with Crippen LogP contribution < -0.4 is 15.8 Å². The van der Waals surface area contributed by atoms with E-state index in [0.717, 1.165) is 5.82 Å². The molecule has 1 aliphatic rings. The van der Waals surface area contributed by atoms with E-state index in [1.165, 1.54) is 12.4 Å². The third-order valence-electron chi connectivity index (χ3n) is 4.87. The normalized spacial score (nSPS) is 15.0. The number of rotatable bonds is 10. The summed E-state index contributed by atoms with van der Waals surface area (Å²) in [6.45, 7) is 3.55. The van der Waals surface area contributed by atoms with Crippen LogP contribution in [-0.2, 0) is 14.3 Å². The number of amides is 1. The molecule has 1 amide bonds. The molecular formula is C19H25BrClN7O4. The maximum atomic E-state index is 12.5. The Bertz CT molecular complexity index is 938. The summed E-state index contributed by atoms with van der Waals surface area (Å²) < 4.78 is 11.3. The third-order valence-corrected chi connectivity index (χ3v) is 5.85. The molecule has 3 rings (SSSR count). The lowest BCUT2D eigenvalue weighted by atomic mass is 10.2. The summed E-state index contributed by atoms with van der Waals surface area (Å²) in [5.41, 5.74) is 0.208. The average Bonchev–Trinajstić information content (AvgIpc) is 2.80. The molecule has 0 unspecified atom stereocenters. The number of aromatic amines is 1. The van der Waals surface area contributed by atoms with Crippen LogP contribution in [0.4, 0.5) is 11.5 Å². The van der Waals surface area contributed by atoms with Crippen molar-refractivity contribution in [2.75, 3.05) is 63.3 Å². The highest BCUT2D eigenvalue weighted by atomic mass is 79.9. The molecule has 0 bridgehead atoms. The lowest BCUT2D eigenvalue weighted by Gasteiger charge is -2.35. The molecule has 1 atom stereocenters. The van der Waals surface area contributed by atoms with Gasteiger partial charge in [-0.15, -0.1) is 0 Å². The number of carbonyl (C=O) groups is 1. The minimum absolute atomic E-state index is 0.0460. The van der Waals surface area contributed by atoms with E-state index >= 15 is 0 Å². The van der Waals surface area contributed by atoms with Crippen molar-refractivity contribution in [3.8, 4) is 0 Å². The van der Waals surface area contributed by atoms with E-state index in [-0.39, 0.29) is 23.9 Å². The predicted octanol–water partition coefficient (Wildman–Crippen LogP) is 1.16. The standard InChI is InChI=1S/C19H25BrClN7O4/c1-31-11-13(25-14-8-24-26-19(30)18(14)20)12-32-7-2-17(29)28-5-3-27(4-6-28)16-10-22-15(21)9-23-16/h8-10,13H,2-7,11-12H2,1H3,(H2,25,26,30)/t13-/m0/s1. The fraction of sp³-hybridized carbons (Fsp3) is 0.526. The van der Waals surface area contributed by atoms with Crippen LogP contribution in [0.15, 0.2) is 27.9 Å². The van der Waals surface area contributed by atoms with Crippen LogP contribution in [0.5, 0.6) is 0 Å². The molecule has 0 aromatic carbocycles. The number of ether oxygens (including phenoxy) is 2. The van der Waals surface area contributed by atoms with Crippen molar-refractivity contribution in [1.29, 1.82) is 0 Å². The summed E-state index contributed by atoms with van der Waals surface area (Å²) in [6, 6.07) is -0.209. The Morgan fingerprint density at radius 3 is 2.72 bits per heavy atom. The van der Waals surface area contributed by atoms with Gasteiger partial charge in [0.05, 0.1) is 56.6 Å². The van der Waals surface area contributed by atoms with Crippen LogP contribution in [0.25, 0.3) is 0 Å². The van der Waals surface area contributed by atoms with Gasteiger partial charge < -0.3 is 24.6 Å². The van der Waals surface area contributed by atoms with E-state index in [1.54, 1.807) is 13.3 Å². The summed E-state index contributed by atoms with van der Waals surface area (Å²) in [6.07, 6.45) is 4.95. The number of nitrogens with one attached hydrogen (secondary N) is 2. The lowest BCUT2D eigenvalue weighted by molar-refractivity contribution is -0.132. The zero-order chi connectivity index (χ0) is 22.9. The summed E-state index contributed by atoms with van der Waals surface area (Å²) >= 11 is 9.01. The van der Waals surface area contributed by atoms with E-state index in [4.69, 9.17) is 21.1 Å². The maximum absolute atomic E-state index is 12.5. The number of hydrogen-bond donors (Lipinski definition) is 2. The van der Waals surface area contributed by atoms with Crippen LogP contribution in [0.2, 0.25) is 5.15 Å². The number of carbonyl (C=O) groups excluding carboxylic acids is 1. The highest BCUT2D eigenvalue weighted by molar-refractivity contribution is 9.10. The molecule has 0 radical (unpaired) electrons. The monoisotopic (exact) mass is 529 g/mol. The van der Waals surface area contributed by atoms with Gasteiger partial charge >= 0.3 is 0 Å². The summed E-state index contributed by atoms with van der Waals surface area (Å²) in [7, 11) is 1.58. The first-order valence-corrected chi connectivity index (χ1v) is 11.2. The van der Waals surface area contributed by atoms with E-state index in [0.29, 0.717) is 61.3 Å². The fourth-order valence-electron chi connectivity index (χ4n) is 3.23. The Balaban J connectivity index is 1.39. The molecule has 1 aliphatic heterocycles. The first-order valence-electron chi connectivity index (χ1n) is 10.0. The lowest BCUT2D eigenvalue weighted by Crippen LogP contribution is -2.49. The quantitative estimate of drug-likeness (QED) is 0.435. The van der Waals surface area contributed by atoms with Gasteiger partial charge in [-0.3, -0.25) is 9.59 Å². The smallest absolute Gasteiger partial charge is 0.280 e. The number of halogens is 2. The van der Waals surface area contributed by atoms with Gasteiger partial charge in [0.15, 0.2) is 0 Å². The number of anilines is 2. The summed E-state index contributed by atoms with van der Waals surface area (Å²) in [4.78, 5) is 36.4. The second kappa shape index (κ2) is 12.1. The molecule has 0 saturated carbocycles. The van der Waals surface area contributed by atoms with Crippen LogP contribution >= 0.6 is 27.5 Å². The Morgan fingerprint density at radius 1 is 1.25 bits per heavy atom. The fourth-order valence-corrected chi connectivity index (χ4v) is 3.64. The van der Waals surface area contributed by atoms with E-state index < -0.39 is 0 Å². The van der Waals surface area contributed by atoms with E-state index in [9.17, 15) is 9.59 Å². The molecule has 32 heavy (non-hydrogen) atoms. The number of piperazine rings is 1. The van der Waals surface area contributed by atoms with Crippen molar-refractivity contribution in [1.82, 2.24) is 25.1 Å². The minimum Gasteiger partial charge on any atom is -0.382 e. The third kappa shape index (κ3) is 6.86. The number of nitrogens with zero attached hydrogens (tertiary/aromatic N) is 5. The molecule has 1 saturated heterocycles. The Morgan fingerprint density at radius 2 is 2.03 bits per heavy atom. The first-order chi connectivity index (χ1) is 15.5. The number of H-pyrrole nitrogens is 1. The van der Waals surface area contributed by atoms with Crippen molar-refractivity contribution in [3.05, 3.63) is 38.6 Å². The second-order valence-electron chi connectivity index (χ2n) is 7.11. The molecule has 174 valence electrons. The van der Waals surface area contributed by atoms with Gasteiger partial charge in [0, 0.05) is 33.3 Å². The van der Waals surface area contributed by atoms with Crippen LogP contribution in [-0.4, -0.2) is 90.1 Å². The number of methoxy groups -OCH3 is 1. The number of aromatic nitrogens is 4. The van der Waals surface area contributed by atoms with Gasteiger partial charge in [-0.05, 0) is 15.9 Å². The molecule has 0 aliphatic carbocycles. The maximum Gasteiger partial charge on any atom is 0.280 e. The highest BCUT2D eigenvalue weighted by Gasteiger charge is 2.22. The molecule has 0 spiro atoms. The Labute approximate surface area is 198 Å². The van der Waals surface area contributed by atoms with E-state index in [2.05, 4.69) is 46.3 Å². The molecule has 3 heterocycles. The van der Waals surface area contributed by atoms with Gasteiger partial charge in [-0.2, -0.15) is 5.10 Å². The van der Waals surface area contributed by atoms with Crippen molar-refractivity contribution < 1.29 is 14.3 Å².